The lowest BCUT2D eigenvalue weighted by atomic mass is 10.0. The van der Waals surface area contributed by atoms with E-state index < -0.39 is 5.82 Å². The number of aromatic nitrogens is 5. The fourth-order valence-electron chi connectivity index (χ4n) is 5.18. The Labute approximate surface area is 218 Å². The summed E-state index contributed by atoms with van der Waals surface area (Å²) in [6.45, 7) is 7.39. The summed E-state index contributed by atoms with van der Waals surface area (Å²) in [4.78, 5) is 19.7. The normalized spacial score (nSPS) is 17.3. The number of anilines is 1. The summed E-state index contributed by atoms with van der Waals surface area (Å²) in [5.41, 5.74) is 2.25. The van der Waals surface area contributed by atoms with Crippen molar-refractivity contribution in [3.05, 3.63) is 42.1 Å². The summed E-state index contributed by atoms with van der Waals surface area (Å²) in [6, 6.07) is 4.21. The molecule has 4 aromatic heterocycles. The highest BCUT2D eigenvalue weighted by molar-refractivity contribution is 6.01. The van der Waals surface area contributed by atoms with Crippen molar-refractivity contribution in [3.8, 4) is 17.0 Å². The Hall–Kier alpha value is -3.77. The molecule has 200 valence electrons. The minimum absolute atomic E-state index is 0.0254. The van der Waals surface area contributed by atoms with E-state index in [9.17, 15) is 4.79 Å². The van der Waals surface area contributed by atoms with E-state index in [2.05, 4.69) is 30.7 Å². The van der Waals surface area contributed by atoms with Crippen LogP contribution in [0.2, 0.25) is 0 Å². The van der Waals surface area contributed by atoms with Crippen LogP contribution >= 0.6 is 0 Å². The van der Waals surface area contributed by atoms with E-state index in [-0.39, 0.29) is 23.9 Å². The van der Waals surface area contributed by atoms with Crippen LogP contribution in [0, 0.1) is 5.82 Å². The first-order valence-electron chi connectivity index (χ1n) is 12.9. The summed E-state index contributed by atoms with van der Waals surface area (Å²) < 4.78 is 29.4. The van der Waals surface area contributed by atoms with Crippen molar-refractivity contribution >= 4 is 22.9 Å². The van der Waals surface area contributed by atoms with Gasteiger partial charge in [0.25, 0.3) is 5.91 Å². The van der Waals surface area contributed by atoms with Gasteiger partial charge in [-0.05, 0) is 44.4 Å². The third-order valence-corrected chi connectivity index (χ3v) is 7.22. The number of carbonyl (C=O) groups excluding carboxylic acids is 1. The van der Waals surface area contributed by atoms with Gasteiger partial charge in [0.2, 0.25) is 11.8 Å². The van der Waals surface area contributed by atoms with Crippen LogP contribution in [0.1, 0.15) is 37.0 Å². The number of ether oxygens (including phenoxy) is 2. The molecule has 12 heteroatoms. The second-order valence-corrected chi connectivity index (χ2v) is 10.2. The Balaban J connectivity index is 1.31. The fourth-order valence-corrected chi connectivity index (χ4v) is 5.18. The van der Waals surface area contributed by atoms with E-state index in [4.69, 9.17) is 9.47 Å². The van der Waals surface area contributed by atoms with E-state index in [0.717, 1.165) is 39.1 Å². The van der Waals surface area contributed by atoms with Gasteiger partial charge in [0.15, 0.2) is 5.82 Å². The van der Waals surface area contributed by atoms with Gasteiger partial charge in [-0.3, -0.25) is 9.69 Å². The third-order valence-electron chi connectivity index (χ3n) is 7.22. The van der Waals surface area contributed by atoms with E-state index in [1.165, 1.54) is 24.0 Å². The Morgan fingerprint density at radius 2 is 2.03 bits per heavy atom. The molecule has 0 radical (unpaired) electrons. The van der Waals surface area contributed by atoms with Crippen LogP contribution in [-0.4, -0.2) is 86.6 Å². The summed E-state index contributed by atoms with van der Waals surface area (Å²) in [5, 5.41) is 15.1. The topological polar surface area (TPSA) is 110 Å². The summed E-state index contributed by atoms with van der Waals surface area (Å²) >= 11 is 0. The van der Waals surface area contributed by atoms with Gasteiger partial charge in [0.05, 0.1) is 55.4 Å². The molecule has 2 fully saturated rings. The van der Waals surface area contributed by atoms with Crippen molar-refractivity contribution in [3.63, 3.8) is 0 Å². The highest BCUT2D eigenvalue weighted by atomic mass is 19.1. The minimum Gasteiger partial charge on any atom is -0.479 e. The quantitative estimate of drug-likeness (QED) is 0.381. The Morgan fingerprint density at radius 3 is 2.71 bits per heavy atom. The van der Waals surface area contributed by atoms with Crippen LogP contribution in [0.15, 0.2) is 30.7 Å². The van der Waals surface area contributed by atoms with Gasteiger partial charge >= 0.3 is 0 Å². The molecular formula is C26H31FN8O3. The van der Waals surface area contributed by atoms with Gasteiger partial charge in [-0.25, -0.2) is 13.4 Å². The van der Waals surface area contributed by atoms with Gasteiger partial charge in [0, 0.05) is 31.4 Å². The van der Waals surface area contributed by atoms with E-state index in [1.807, 2.05) is 13.8 Å². The second kappa shape index (κ2) is 9.84. The van der Waals surface area contributed by atoms with E-state index in [1.54, 1.807) is 22.8 Å². The lowest BCUT2D eigenvalue weighted by molar-refractivity contribution is -0.0705. The van der Waals surface area contributed by atoms with Crippen molar-refractivity contribution < 1.29 is 18.7 Å². The average Bonchev–Trinajstić information content (AvgIpc) is 3.43. The molecule has 1 amide bonds. The van der Waals surface area contributed by atoms with E-state index >= 15 is 4.39 Å². The molecule has 11 nitrogen and oxygen atoms in total. The van der Waals surface area contributed by atoms with Crippen molar-refractivity contribution in [1.82, 2.24) is 34.4 Å². The first-order valence-corrected chi connectivity index (χ1v) is 12.9. The maximum atomic E-state index is 15.4. The molecular weight excluding hydrogens is 491 g/mol. The molecule has 0 bridgehead atoms. The molecule has 6 heterocycles. The van der Waals surface area contributed by atoms with Gasteiger partial charge < -0.3 is 20.1 Å². The zero-order valence-electron chi connectivity index (χ0n) is 21.6. The second-order valence-electron chi connectivity index (χ2n) is 10.2. The maximum Gasteiger partial charge on any atom is 0.255 e. The molecule has 6 rings (SSSR count). The summed E-state index contributed by atoms with van der Waals surface area (Å²) in [5.74, 6) is -0.0579. The smallest absolute Gasteiger partial charge is 0.255 e. The SMILES string of the molecule is COc1nc(NC2CCN(C3COC3)CC2)nn2cc(F)c(-c3ccn4ncc(C(=O)NC(C)C)c4c3)c12. The van der Waals surface area contributed by atoms with Crippen molar-refractivity contribution in [2.75, 3.05) is 38.7 Å². The van der Waals surface area contributed by atoms with Crippen molar-refractivity contribution in [1.29, 1.82) is 0 Å². The standard InChI is InChI=1S/C26H31FN8O3/c1-15(2)29-24(36)19-11-28-34-9-4-16(10-21(19)34)22-20(27)12-35-23(22)25(37-3)31-26(32-35)30-17-5-7-33(8-6-17)18-13-38-14-18/h4,9-12,15,17-18H,5-8,13-14H2,1-3H3,(H,29,36)(H,30,32). The Bertz CT molecular complexity index is 1490. The van der Waals surface area contributed by atoms with Crippen LogP contribution in [0.25, 0.3) is 22.2 Å². The third kappa shape index (κ3) is 4.43. The Morgan fingerprint density at radius 1 is 1.24 bits per heavy atom. The number of likely N-dealkylation sites (tertiary alicyclic amines) is 1. The molecule has 0 saturated carbocycles. The number of pyridine rings is 1. The zero-order chi connectivity index (χ0) is 26.4. The maximum absolute atomic E-state index is 15.4. The van der Waals surface area contributed by atoms with E-state index in [0.29, 0.717) is 39.7 Å². The molecule has 0 unspecified atom stereocenters. The number of hydrogen-bond acceptors (Lipinski definition) is 8. The van der Waals surface area contributed by atoms with Crippen molar-refractivity contribution in [2.45, 2.75) is 44.8 Å². The summed E-state index contributed by atoms with van der Waals surface area (Å²) in [6.07, 6.45) is 6.46. The van der Waals surface area contributed by atoms with Crippen molar-refractivity contribution in [2.24, 2.45) is 0 Å². The van der Waals surface area contributed by atoms with Crippen LogP contribution in [0.4, 0.5) is 10.3 Å². The van der Waals surface area contributed by atoms with Crippen LogP contribution in [0.5, 0.6) is 5.88 Å². The number of rotatable bonds is 7. The zero-order valence-corrected chi connectivity index (χ0v) is 21.6. The molecule has 4 aromatic rings. The lowest BCUT2D eigenvalue weighted by Gasteiger charge is -2.41. The number of amides is 1. The van der Waals surface area contributed by atoms with Gasteiger partial charge in [-0.15, -0.1) is 5.10 Å². The van der Waals surface area contributed by atoms with Gasteiger partial charge in [0.1, 0.15) is 5.52 Å². The largest absolute Gasteiger partial charge is 0.479 e. The highest BCUT2D eigenvalue weighted by Gasteiger charge is 2.30. The first-order chi connectivity index (χ1) is 18.4. The molecule has 2 saturated heterocycles. The first kappa shape index (κ1) is 24.6. The molecule has 0 spiro atoms. The number of methoxy groups -OCH3 is 1. The molecule has 0 aliphatic carbocycles. The van der Waals surface area contributed by atoms with Gasteiger partial charge in [-0.1, -0.05) is 0 Å². The van der Waals surface area contributed by atoms with Crippen LogP contribution < -0.4 is 15.4 Å². The monoisotopic (exact) mass is 522 g/mol. The van der Waals surface area contributed by atoms with Crippen LogP contribution in [0.3, 0.4) is 0 Å². The average molecular weight is 523 g/mol. The molecule has 0 aromatic carbocycles. The molecule has 2 N–H and O–H groups in total. The number of nitrogens with one attached hydrogen (secondary N) is 2. The predicted octanol–water partition coefficient (Wildman–Crippen LogP) is 2.61. The summed E-state index contributed by atoms with van der Waals surface area (Å²) in [7, 11) is 1.51. The van der Waals surface area contributed by atoms with Gasteiger partial charge in [-0.2, -0.15) is 10.1 Å². The molecule has 38 heavy (non-hydrogen) atoms. The number of hydrogen-bond donors (Lipinski definition) is 2. The lowest BCUT2D eigenvalue weighted by Crippen LogP contribution is -2.53. The molecule has 2 aliphatic rings. The highest BCUT2D eigenvalue weighted by Crippen LogP contribution is 2.35. The predicted molar refractivity (Wildman–Crippen MR) is 139 cm³/mol. The molecule has 2 aliphatic heterocycles. The number of carbonyl (C=O) groups is 1. The van der Waals surface area contributed by atoms with Crippen LogP contribution in [-0.2, 0) is 4.74 Å². The number of nitrogens with zero attached hydrogens (tertiary/aromatic N) is 6. The minimum atomic E-state index is -0.470. The Kier molecular flexibility index (Phi) is 6.36. The number of halogens is 1. The number of piperidine rings is 1. The molecule has 0 atom stereocenters. The number of fused-ring (bicyclic) bond motifs is 2. The fraction of sp³-hybridized carbons (Fsp3) is 0.462.